The Balaban J connectivity index is 0.000000217. The molecule has 1 rings (SSSR count). The number of hydrogen-bond donors (Lipinski definition) is 1. The molecule has 0 fully saturated rings. The van der Waals surface area contributed by atoms with Crippen LogP contribution in [0.4, 0.5) is 0 Å². The van der Waals surface area contributed by atoms with Crippen molar-refractivity contribution in [2.45, 2.75) is 0 Å². The molecule has 0 unspecified atom stereocenters. The molecule has 3 heteroatoms. The van der Waals surface area contributed by atoms with Gasteiger partial charge in [-0.05, 0) is 0 Å². The van der Waals surface area contributed by atoms with E-state index in [-0.39, 0.29) is 0 Å². The lowest BCUT2D eigenvalue weighted by Crippen LogP contribution is -1.97. The van der Waals surface area contributed by atoms with Crippen molar-refractivity contribution in [2.75, 3.05) is 0 Å². The second-order valence-electron chi connectivity index (χ2n) is 1.91. The van der Waals surface area contributed by atoms with Crippen LogP contribution in [-0.4, -0.2) is 21.3 Å². The zero-order valence-electron chi connectivity index (χ0n) is 6.53. The van der Waals surface area contributed by atoms with Gasteiger partial charge in [-0.1, -0.05) is 42.1 Å². The highest BCUT2D eigenvalue weighted by molar-refractivity contribution is 6.32. The summed E-state index contributed by atoms with van der Waals surface area (Å²) >= 11 is 0. The van der Waals surface area contributed by atoms with Crippen LogP contribution < -0.4 is 5.19 Å². The van der Waals surface area contributed by atoms with E-state index in [0.29, 0.717) is 0 Å². The van der Waals surface area contributed by atoms with Crippen molar-refractivity contribution in [3.8, 4) is 0 Å². The normalized spacial score (nSPS) is 7.75. The molecule has 0 aliphatic rings. The molecule has 0 atom stereocenters. The van der Waals surface area contributed by atoms with Crippen LogP contribution in [0.1, 0.15) is 0 Å². The van der Waals surface area contributed by atoms with Gasteiger partial charge in [-0.2, -0.15) is 0 Å². The molecule has 0 bridgehead atoms. The molecule has 0 aromatic heterocycles. The number of rotatable bonds is 1. The fourth-order valence-electron chi connectivity index (χ4n) is 0.438. The van der Waals surface area contributed by atoms with Crippen LogP contribution in [-0.2, 0) is 4.79 Å². The Kier molecular flexibility index (Phi) is 5.65. The van der Waals surface area contributed by atoms with Gasteiger partial charge < -0.3 is 5.11 Å². The monoisotopic (exact) mass is 177 g/mol. The Bertz CT molecular complexity index is 244. The molecular weight excluding hydrogens is 168 g/mol. The van der Waals surface area contributed by atoms with E-state index < -0.39 is 5.97 Å². The second kappa shape index (κ2) is 6.36. The van der Waals surface area contributed by atoms with Crippen molar-refractivity contribution in [3.05, 3.63) is 43.0 Å². The van der Waals surface area contributed by atoms with Crippen LogP contribution in [0, 0.1) is 0 Å². The van der Waals surface area contributed by atoms with E-state index in [2.05, 4.69) is 16.8 Å². The molecule has 0 aliphatic heterocycles. The zero-order chi connectivity index (χ0) is 9.40. The Morgan fingerprint density at radius 2 is 1.83 bits per heavy atom. The number of carboxylic acids is 1. The standard InChI is InChI=1S/C6H5Si.C3H4O2/c7-6-4-2-1-3-5-6;1-2-3(4)5/h1-5H;2H,1H2,(H,4,5). The van der Waals surface area contributed by atoms with Crippen LogP contribution >= 0.6 is 0 Å². The fraction of sp³-hybridized carbons (Fsp3) is 0. The first-order valence-electron chi connectivity index (χ1n) is 3.29. The third kappa shape index (κ3) is 6.76. The Morgan fingerprint density at radius 3 is 2.00 bits per heavy atom. The van der Waals surface area contributed by atoms with Crippen molar-refractivity contribution in [1.82, 2.24) is 0 Å². The summed E-state index contributed by atoms with van der Waals surface area (Å²) in [5.74, 6) is -0.981. The van der Waals surface area contributed by atoms with Gasteiger partial charge in [0.25, 0.3) is 0 Å². The fourth-order valence-corrected chi connectivity index (χ4v) is 0.631. The second-order valence-corrected chi connectivity index (χ2v) is 2.49. The Labute approximate surface area is 75.0 Å². The van der Waals surface area contributed by atoms with E-state index in [0.717, 1.165) is 11.3 Å². The number of aliphatic carboxylic acids is 1. The minimum Gasteiger partial charge on any atom is -0.478 e. The molecule has 1 aromatic rings. The maximum atomic E-state index is 9.25. The molecular formula is C9H9O2Si. The van der Waals surface area contributed by atoms with E-state index in [1.165, 1.54) is 0 Å². The highest BCUT2D eigenvalue weighted by Gasteiger charge is 1.73. The van der Waals surface area contributed by atoms with Gasteiger partial charge in [-0.15, -0.1) is 0 Å². The van der Waals surface area contributed by atoms with Gasteiger partial charge in [0, 0.05) is 6.08 Å². The molecule has 2 nitrogen and oxygen atoms in total. The topological polar surface area (TPSA) is 37.3 Å². The van der Waals surface area contributed by atoms with Gasteiger partial charge in [0.15, 0.2) is 0 Å². The summed E-state index contributed by atoms with van der Waals surface area (Å²) in [5.41, 5.74) is 0. The van der Waals surface area contributed by atoms with Crippen LogP contribution in [0.3, 0.4) is 0 Å². The lowest BCUT2D eigenvalue weighted by Gasteiger charge is -1.82. The number of carboxylic acid groups (broad SMARTS) is 1. The first kappa shape index (κ1) is 10.6. The zero-order valence-corrected chi connectivity index (χ0v) is 7.53. The minimum atomic E-state index is -0.981. The highest BCUT2D eigenvalue weighted by atomic mass is 28.1. The quantitative estimate of drug-likeness (QED) is 0.507. The van der Waals surface area contributed by atoms with Gasteiger partial charge in [-0.25, -0.2) is 4.79 Å². The molecule has 61 valence electrons. The van der Waals surface area contributed by atoms with Gasteiger partial charge in [0.2, 0.25) is 0 Å². The van der Waals surface area contributed by atoms with Crippen molar-refractivity contribution in [2.24, 2.45) is 0 Å². The summed E-state index contributed by atoms with van der Waals surface area (Å²) < 4.78 is 0. The van der Waals surface area contributed by atoms with Gasteiger partial charge in [0.05, 0.1) is 10.2 Å². The largest absolute Gasteiger partial charge is 0.478 e. The number of carbonyl (C=O) groups is 1. The summed E-state index contributed by atoms with van der Waals surface area (Å²) in [5, 5.41) is 8.73. The predicted octanol–water partition coefficient (Wildman–Crippen LogP) is 0.737. The number of hydrogen-bond acceptors (Lipinski definition) is 1. The van der Waals surface area contributed by atoms with E-state index in [1.807, 2.05) is 30.3 Å². The average molecular weight is 177 g/mol. The Hall–Kier alpha value is -1.35. The smallest absolute Gasteiger partial charge is 0.327 e. The SMILES string of the molecule is C=CC(=O)O.[Si]c1ccccc1. The molecule has 3 radical (unpaired) electrons. The van der Waals surface area contributed by atoms with Crippen molar-refractivity contribution < 1.29 is 9.90 Å². The van der Waals surface area contributed by atoms with Crippen molar-refractivity contribution in [3.63, 3.8) is 0 Å². The molecule has 12 heavy (non-hydrogen) atoms. The maximum Gasteiger partial charge on any atom is 0.327 e. The third-order valence-electron chi connectivity index (χ3n) is 0.948. The van der Waals surface area contributed by atoms with Gasteiger partial charge >= 0.3 is 5.97 Å². The van der Waals surface area contributed by atoms with Crippen LogP contribution in [0.25, 0.3) is 0 Å². The molecule has 0 aliphatic carbocycles. The van der Waals surface area contributed by atoms with Crippen LogP contribution in [0.2, 0.25) is 0 Å². The highest BCUT2D eigenvalue weighted by Crippen LogP contribution is 1.76. The summed E-state index contributed by atoms with van der Waals surface area (Å²) in [6.45, 7) is 2.96. The molecule has 0 heterocycles. The van der Waals surface area contributed by atoms with E-state index in [4.69, 9.17) is 5.11 Å². The van der Waals surface area contributed by atoms with Crippen LogP contribution in [0.15, 0.2) is 43.0 Å². The first-order valence-corrected chi connectivity index (χ1v) is 3.79. The summed E-state index contributed by atoms with van der Waals surface area (Å²) in [7, 11) is 3.36. The minimum absolute atomic E-state index is 0.833. The summed E-state index contributed by atoms with van der Waals surface area (Å²) in [6.07, 6.45) is 0.833. The van der Waals surface area contributed by atoms with Crippen LogP contribution in [0.5, 0.6) is 0 Å². The average Bonchev–Trinajstić information content (AvgIpc) is 2.07. The first-order chi connectivity index (χ1) is 5.66. The molecule has 0 saturated carbocycles. The lowest BCUT2D eigenvalue weighted by atomic mass is 10.4. The molecule has 0 saturated heterocycles. The van der Waals surface area contributed by atoms with Crippen molar-refractivity contribution >= 4 is 21.4 Å². The van der Waals surface area contributed by atoms with E-state index >= 15 is 0 Å². The maximum absolute atomic E-state index is 9.25. The Morgan fingerprint density at radius 1 is 1.42 bits per heavy atom. The number of benzene rings is 1. The summed E-state index contributed by atoms with van der Waals surface area (Å²) in [6, 6.07) is 9.96. The lowest BCUT2D eigenvalue weighted by molar-refractivity contribution is -0.131. The molecule has 1 N–H and O–H groups in total. The van der Waals surface area contributed by atoms with Gasteiger partial charge in [0.1, 0.15) is 0 Å². The van der Waals surface area contributed by atoms with Gasteiger partial charge in [-0.3, -0.25) is 0 Å². The molecule has 0 amide bonds. The third-order valence-corrected chi connectivity index (χ3v) is 1.28. The van der Waals surface area contributed by atoms with Crippen molar-refractivity contribution in [1.29, 1.82) is 0 Å². The molecule has 0 spiro atoms. The van der Waals surface area contributed by atoms with E-state index in [9.17, 15) is 4.79 Å². The summed E-state index contributed by atoms with van der Waals surface area (Å²) in [4.78, 5) is 9.25. The predicted molar refractivity (Wildman–Crippen MR) is 49.7 cm³/mol. The van der Waals surface area contributed by atoms with E-state index in [1.54, 1.807) is 0 Å². The molecule has 1 aromatic carbocycles.